The molecule has 1 amide bonds. The highest BCUT2D eigenvalue weighted by atomic mass is 32.2. The van der Waals surface area contributed by atoms with Gasteiger partial charge in [-0.05, 0) is 54.2 Å². The second kappa shape index (κ2) is 7.78. The van der Waals surface area contributed by atoms with Crippen molar-refractivity contribution in [2.24, 2.45) is 5.14 Å². The molecule has 0 saturated heterocycles. The quantitative estimate of drug-likeness (QED) is 0.422. The monoisotopic (exact) mass is 408 g/mol. The number of rotatable bonds is 4. The van der Waals surface area contributed by atoms with Gasteiger partial charge in [0.2, 0.25) is 16.8 Å². The van der Waals surface area contributed by atoms with Crippen LogP contribution in [0.1, 0.15) is 15.9 Å². The van der Waals surface area contributed by atoms with E-state index < -0.39 is 15.9 Å². The second-order valence-corrected chi connectivity index (χ2v) is 7.49. The topological polar surface area (TPSA) is 132 Å². The van der Waals surface area contributed by atoms with Crippen LogP contribution >= 0.6 is 12.2 Å². The molecule has 0 aromatic heterocycles. The molecule has 0 spiro atoms. The summed E-state index contributed by atoms with van der Waals surface area (Å²) in [4.78, 5) is 12.0. The van der Waals surface area contributed by atoms with Crippen molar-refractivity contribution in [2.45, 2.75) is 11.4 Å². The van der Waals surface area contributed by atoms with Gasteiger partial charge in [-0.2, -0.15) is 0 Å². The molecule has 0 bridgehead atoms. The number of hydrazine groups is 1. The molecule has 142 valence electrons. The maximum Gasteiger partial charge on any atom is 0.269 e. The van der Waals surface area contributed by atoms with Crippen LogP contribution in [0.2, 0.25) is 0 Å². The summed E-state index contributed by atoms with van der Waals surface area (Å²) in [5.41, 5.74) is 6.16. The van der Waals surface area contributed by atoms with Crippen LogP contribution in [-0.2, 0) is 16.6 Å². The summed E-state index contributed by atoms with van der Waals surface area (Å²) in [6.45, 7) is 0.623. The van der Waals surface area contributed by atoms with Crippen LogP contribution in [0.4, 0.5) is 0 Å². The third-order valence-electron chi connectivity index (χ3n) is 3.62. The normalized spacial score (nSPS) is 12.3. The lowest BCUT2D eigenvalue weighted by Crippen LogP contribution is -2.46. The van der Waals surface area contributed by atoms with Crippen LogP contribution in [0.5, 0.6) is 11.5 Å². The average Bonchev–Trinajstić information content (AvgIpc) is 3.11. The van der Waals surface area contributed by atoms with E-state index in [1.165, 1.54) is 24.3 Å². The summed E-state index contributed by atoms with van der Waals surface area (Å²) in [6.07, 6.45) is 0. The number of hydrogen-bond donors (Lipinski definition) is 4. The molecule has 2 aromatic rings. The maximum absolute atomic E-state index is 12.0. The van der Waals surface area contributed by atoms with Gasteiger partial charge in [-0.3, -0.25) is 15.6 Å². The van der Waals surface area contributed by atoms with E-state index in [-0.39, 0.29) is 22.4 Å². The number of carbonyl (C=O) groups excluding carboxylic acids is 1. The van der Waals surface area contributed by atoms with Crippen molar-refractivity contribution in [3.8, 4) is 11.5 Å². The van der Waals surface area contributed by atoms with E-state index in [0.717, 1.165) is 5.56 Å². The average molecular weight is 408 g/mol. The largest absolute Gasteiger partial charge is 0.454 e. The zero-order valence-corrected chi connectivity index (χ0v) is 15.5. The van der Waals surface area contributed by atoms with Crippen LogP contribution in [0, 0.1) is 0 Å². The predicted octanol–water partition coefficient (Wildman–Crippen LogP) is 0.372. The zero-order valence-electron chi connectivity index (χ0n) is 13.9. The molecular weight excluding hydrogens is 392 g/mol. The standard InChI is InChI=1S/C16H16N4O5S2/c17-27(22,23)12-4-2-11(3-5-12)15(21)19-20-16(26)18-8-10-1-6-13-14(7-10)25-9-24-13/h1-7H,8-9H2,(H,19,21)(H2,17,22,23)(H2,18,20,26). The van der Waals surface area contributed by atoms with Crippen molar-refractivity contribution in [2.75, 3.05) is 6.79 Å². The van der Waals surface area contributed by atoms with E-state index in [1.54, 1.807) is 0 Å². The smallest absolute Gasteiger partial charge is 0.269 e. The highest BCUT2D eigenvalue weighted by molar-refractivity contribution is 7.89. The Hall–Kier alpha value is -2.89. The molecular formula is C16H16N4O5S2. The Morgan fingerprint density at radius 2 is 1.78 bits per heavy atom. The fraction of sp³-hybridized carbons (Fsp3) is 0.125. The molecule has 5 N–H and O–H groups in total. The fourth-order valence-electron chi connectivity index (χ4n) is 2.26. The molecule has 1 aliphatic rings. The predicted molar refractivity (Wildman–Crippen MR) is 100 cm³/mol. The van der Waals surface area contributed by atoms with Crippen LogP contribution in [0.3, 0.4) is 0 Å². The highest BCUT2D eigenvalue weighted by Gasteiger charge is 2.13. The molecule has 3 rings (SSSR count). The van der Waals surface area contributed by atoms with Crippen molar-refractivity contribution >= 4 is 33.3 Å². The molecule has 0 radical (unpaired) electrons. The van der Waals surface area contributed by atoms with Gasteiger partial charge in [-0.15, -0.1) is 0 Å². The van der Waals surface area contributed by atoms with Crippen molar-refractivity contribution in [3.05, 3.63) is 53.6 Å². The first-order chi connectivity index (χ1) is 12.8. The van der Waals surface area contributed by atoms with Gasteiger partial charge in [-0.25, -0.2) is 13.6 Å². The lowest BCUT2D eigenvalue weighted by Gasteiger charge is -2.12. The van der Waals surface area contributed by atoms with Gasteiger partial charge in [-0.1, -0.05) is 6.07 Å². The first-order valence-electron chi connectivity index (χ1n) is 7.68. The van der Waals surface area contributed by atoms with Crippen LogP contribution in [0.25, 0.3) is 0 Å². The molecule has 2 aromatic carbocycles. The van der Waals surface area contributed by atoms with Crippen molar-refractivity contribution in [1.29, 1.82) is 0 Å². The number of primary sulfonamides is 1. The number of amides is 1. The molecule has 0 aliphatic carbocycles. The number of thiocarbonyl (C=S) groups is 1. The number of ether oxygens (including phenoxy) is 2. The van der Waals surface area contributed by atoms with Crippen molar-refractivity contribution in [3.63, 3.8) is 0 Å². The molecule has 9 nitrogen and oxygen atoms in total. The highest BCUT2D eigenvalue weighted by Crippen LogP contribution is 2.32. The van der Waals surface area contributed by atoms with E-state index in [0.29, 0.717) is 18.0 Å². The van der Waals surface area contributed by atoms with Gasteiger partial charge in [0.1, 0.15) is 0 Å². The Kier molecular flexibility index (Phi) is 5.44. The maximum atomic E-state index is 12.0. The van der Waals surface area contributed by atoms with E-state index in [4.69, 9.17) is 26.8 Å². The van der Waals surface area contributed by atoms with Gasteiger partial charge in [0.15, 0.2) is 16.6 Å². The lowest BCUT2D eigenvalue weighted by molar-refractivity contribution is 0.0943. The minimum Gasteiger partial charge on any atom is -0.454 e. The van der Waals surface area contributed by atoms with E-state index >= 15 is 0 Å². The Morgan fingerprint density at radius 3 is 2.48 bits per heavy atom. The summed E-state index contributed by atoms with van der Waals surface area (Å²) < 4.78 is 33.0. The van der Waals surface area contributed by atoms with Crippen molar-refractivity contribution < 1.29 is 22.7 Å². The third kappa shape index (κ3) is 4.84. The summed E-state index contributed by atoms with van der Waals surface area (Å²) >= 11 is 5.10. The second-order valence-electron chi connectivity index (χ2n) is 5.52. The molecule has 0 atom stereocenters. The lowest BCUT2D eigenvalue weighted by atomic mass is 10.2. The van der Waals surface area contributed by atoms with Gasteiger partial charge in [0, 0.05) is 12.1 Å². The number of carbonyl (C=O) groups is 1. The minimum atomic E-state index is -3.80. The number of sulfonamides is 1. The van der Waals surface area contributed by atoms with Crippen LogP contribution in [-0.4, -0.2) is 26.2 Å². The van der Waals surface area contributed by atoms with Crippen LogP contribution in [0.15, 0.2) is 47.4 Å². The van der Waals surface area contributed by atoms with Gasteiger partial charge < -0.3 is 14.8 Å². The zero-order chi connectivity index (χ0) is 19.4. The molecule has 1 aliphatic heterocycles. The molecule has 1 heterocycles. The van der Waals surface area contributed by atoms with Gasteiger partial charge in [0.25, 0.3) is 5.91 Å². The SMILES string of the molecule is NS(=O)(=O)c1ccc(C(=O)NNC(=S)NCc2ccc3c(c2)OCO3)cc1. The molecule has 11 heteroatoms. The minimum absolute atomic E-state index is 0.0760. The number of hydrogen-bond acceptors (Lipinski definition) is 6. The Labute approximate surface area is 160 Å². The first kappa shape index (κ1) is 18.9. The number of nitrogens with two attached hydrogens (primary N) is 1. The van der Waals surface area contributed by atoms with Gasteiger partial charge in [0.05, 0.1) is 4.90 Å². The summed E-state index contributed by atoms with van der Waals surface area (Å²) in [5.74, 6) is 0.882. The summed E-state index contributed by atoms with van der Waals surface area (Å²) in [7, 11) is -3.80. The van der Waals surface area contributed by atoms with Crippen molar-refractivity contribution in [1.82, 2.24) is 16.2 Å². The Balaban J connectivity index is 1.48. The van der Waals surface area contributed by atoms with E-state index in [1.807, 2.05) is 18.2 Å². The molecule has 0 fully saturated rings. The molecule has 0 unspecified atom stereocenters. The van der Waals surface area contributed by atoms with Crippen LogP contribution < -0.4 is 30.8 Å². The number of fused-ring (bicyclic) bond motifs is 1. The Morgan fingerprint density at radius 1 is 1.07 bits per heavy atom. The Bertz CT molecular complexity index is 977. The van der Waals surface area contributed by atoms with Gasteiger partial charge >= 0.3 is 0 Å². The van der Waals surface area contributed by atoms with E-state index in [9.17, 15) is 13.2 Å². The third-order valence-corrected chi connectivity index (χ3v) is 4.80. The molecule has 27 heavy (non-hydrogen) atoms. The van der Waals surface area contributed by atoms with E-state index in [2.05, 4.69) is 16.2 Å². The first-order valence-corrected chi connectivity index (χ1v) is 9.64. The fourth-order valence-corrected chi connectivity index (χ4v) is 2.90. The summed E-state index contributed by atoms with van der Waals surface area (Å²) in [6, 6.07) is 10.7. The summed E-state index contributed by atoms with van der Waals surface area (Å²) in [5, 5.41) is 8.16. The number of nitrogens with one attached hydrogen (secondary N) is 3. The number of benzene rings is 2. The molecule has 0 saturated carbocycles.